The Morgan fingerprint density at radius 3 is 2.50 bits per heavy atom. The molecular weight excluding hydrogens is 444 g/mol. The van der Waals surface area contributed by atoms with E-state index in [-0.39, 0.29) is 6.04 Å². The van der Waals surface area contributed by atoms with Crippen LogP contribution in [-0.4, -0.2) is 31.9 Å². The van der Waals surface area contributed by atoms with Crippen molar-refractivity contribution in [2.45, 2.75) is 19.9 Å². The Morgan fingerprint density at radius 1 is 1.09 bits per heavy atom. The van der Waals surface area contributed by atoms with Gasteiger partial charge in [0.2, 0.25) is 0 Å². The molecule has 0 spiro atoms. The molecular formula is C24H26N2O4S2. The zero-order chi connectivity index (χ0) is 23.1. The number of hydrogen-bond donors (Lipinski definition) is 2. The maximum absolute atomic E-state index is 12.5. The number of benzene rings is 2. The third kappa shape index (κ3) is 5.57. The number of thiocarbonyl (C=S) groups is 1. The van der Waals surface area contributed by atoms with Crippen LogP contribution in [0.15, 0.2) is 54.6 Å². The quantitative estimate of drug-likeness (QED) is 0.325. The van der Waals surface area contributed by atoms with Crippen LogP contribution >= 0.6 is 23.6 Å². The summed E-state index contributed by atoms with van der Waals surface area (Å²) in [7, 11) is 3.24. The van der Waals surface area contributed by atoms with Crippen molar-refractivity contribution in [1.29, 1.82) is 0 Å². The summed E-state index contributed by atoms with van der Waals surface area (Å²) < 4.78 is 16.0. The molecule has 0 aliphatic carbocycles. The summed E-state index contributed by atoms with van der Waals surface area (Å²) >= 11 is 7.00. The van der Waals surface area contributed by atoms with Gasteiger partial charge in [-0.05, 0) is 55.9 Å². The number of rotatable bonds is 8. The highest BCUT2D eigenvalue weighted by Gasteiger charge is 2.20. The van der Waals surface area contributed by atoms with E-state index in [1.54, 1.807) is 21.1 Å². The number of esters is 1. The number of carbonyl (C=O) groups excluding carboxylic acids is 1. The number of thiophene rings is 1. The van der Waals surface area contributed by atoms with Gasteiger partial charge in [0.1, 0.15) is 16.5 Å². The second-order valence-corrected chi connectivity index (χ2v) is 8.33. The minimum absolute atomic E-state index is 0.167. The van der Waals surface area contributed by atoms with Gasteiger partial charge in [-0.1, -0.05) is 30.3 Å². The predicted octanol–water partition coefficient (Wildman–Crippen LogP) is 5.66. The zero-order valence-electron chi connectivity index (χ0n) is 18.4. The van der Waals surface area contributed by atoms with Crippen molar-refractivity contribution in [2.75, 3.05) is 26.1 Å². The smallest absolute Gasteiger partial charge is 0.341 e. The maximum Gasteiger partial charge on any atom is 0.341 e. The molecule has 1 aromatic heterocycles. The molecule has 1 heterocycles. The fourth-order valence-corrected chi connectivity index (χ4v) is 4.58. The van der Waals surface area contributed by atoms with Crippen molar-refractivity contribution in [3.63, 3.8) is 0 Å². The topological polar surface area (TPSA) is 68.8 Å². The first kappa shape index (κ1) is 23.6. The minimum atomic E-state index is -0.390. The van der Waals surface area contributed by atoms with Gasteiger partial charge in [-0.3, -0.25) is 0 Å². The van der Waals surface area contributed by atoms with Crippen molar-refractivity contribution in [3.05, 3.63) is 65.7 Å². The molecule has 168 valence electrons. The molecule has 32 heavy (non-hydrogen) atoms. The predicted molar refractivity (Wildman–Crippen MR) is 133 cm³/mol. The van der Waals surface area contributed by atoms with Crippen LogP contribution in [-0.2, 0) is 4.74 Å². The van der Waals surface area contributed by atoms with Gasteiger partial charge in [0.15, 0.2) is 5.11 Å². The first-order valence-electron chi connectivity index (χ1n) is 10.1. The van der Waals surface area contributed by atoms with Gasteiger partial charge >= 0.3 is 5.97 Å². The summed E-state index contributed by atoms with van der Waals surface area (Å²) in [5.74, 6) is 1.06. The molecule has 0 bridgehead atoms. The lowest BCUT2D eigenvalue weighted by Crippen LogP contribution is -2.31. The molecule has 2 aromatic carbocycles. The molecule has 2 N–H and O–H groups in total. The number of nitrogens with one attached hydrogen (secondary N) is 2. The number of ether oxygens (including phenoxy) is 3. The molecule has 0 amide bonds. The highest BCUT2D eigenvalue weighted by atomic mass is 32.1. The lowest BCUT2D eigenvalue weighted by Gasteiger charge is -2.20. The fourth-order valence-electron chi connectivity index (χ4n) is 3.18. The van der Waals surface area contributed by atoms with Crippen LogP contribution in [0.25, 0.3) is 10.4 Å². The summed E-state index contributed by atoms with van der Waals surface area (Å²) in [5, 5.41) is 7.44. The van der Waals surface area contributed by atoms with Crippen LogP contribution in [0.4, 0.5) is 5.00 Å². The highest BCUT2D eigenvalue weighted by Crippen LogP contribution is 2.36. The van der Waals surface area contributed by atoms with E-state index in [1.807, 2.05) is 61.5 Å². The third-order valence-corrected chi connectivity index (χ3v) is 6.08. The second kappa shape index (κ2) is 11.0. The normalized spacial score (nSPS) is 11.4. The van der Waals surface area contributed by atoms with Crippen LogP contribution < -0.4 is 20.1 Å². The average molecular weight is 471 g/mol. The largest absolute Gasteiger partial charge is 0.497 e. The molecule has 6 nitrogen and oxygen atoms in total. The Kier molecular flexibility index (Phi) is 8.08. The second-order valence-electron chi connectivity index (χ2n) is 6.87. The Balaban J connectivity index is 1.82. The Labute approximate surface area is 197 Å². The van der Waals surface area contributed by atoms with Crippen molar-refractivity contribution >= 4 is 39.6 Å². The van der Waals surface area contributed by atoms with Gasteiger partial charge in [0.05, 0.1) is 32.4 Å². The van der Waals surface area contributed by atoms with E-state index in [0.717, 1.165) is 27.5 Å². The molecule has 0 aliphatic heterocycles. The molecule has 1 atom stereocenters. The standard InChI is InChI=1S/C24H26N2O4S2/c1-5-30-23(27)19-14-21(16-9-7-6-8-10-16)32-22(19)26-24(31)25-15(2)18-13-17(28-3)11-12-20(18)29-4/h6-15H,5H2,1-4H3,(H2,25,26,31). The number of anilines is 1. The summed E-state index contributed by atoms with van der Waals surface area (Å²) in [6.07, 6.45) is 0. The number of carbonyl (C=O) groups is 1. The summed E-state index contributed by atoms with van der Waals surface area (Å²) in [6, 6.07) is 17.1. The lowest BCUT2D eigenvalue weighted by atomic mass is 10.1. The van der Waals surface area contributed by atoms with E-state index >= 15 is 0 Å². The van der Waals surface area contributed by atoms with Crippen molar-refractivity contribution in [1.82, 2.24) is 5.32 Å². The van der Waals surface area contributed by atoms with Crippen molar-refractivity contribution in [2.24, 2.45) is 0 Å². The number of hydrogen-bond acceptors (Lipinski definition) is 6. The van der Waals surface area contributed by atoms with Gasteiger partial charge in [-0.15, -0.1) is 11.3 Å². The van der Waals surface area contributed by atoms with E-state index in [0.29, 0.717) is 22.3 Å². The van der Waals surface area contributed by atoms with E-state index in [1.165, 1.54) is 11.3 Å². The Morgan fingerprint density at radius 2 is 1.84 bits per heavy atom. The molecule has 8 heteroatoms. The van der Waals surface area contributed by atoms with Crippen LogP contribution in [0.3, 0.4) is 0 Å². The third-order valence-electron chi connectivity index (χ3n) is 4.76. The summed E-state index contributed by atoms with van der Waals surface area (Å²) in [5.41, 5.74) is 2.37. The number of methoxy groups -OCH3 is 2. The molecule has 0 fully saturated rings. The Bertz CT molecular complexity index is 1080. The highest BCUT2D eigenvalue weighted by molar-refractivity contribution is 7.80. The average Bonchev–Trinajstić information content (AvgIpc) is 3.23. The van der Waals surface area contributed by atoms with E-state index in [4.69, 9.17) is 26.4 Å². The van der Waals surface area contributed by atoms with Crippen LogP contribution in [0.2, 0.25) is 0 Å². The SMILES string of the molecule is CCOC(=O)c1cc(-c2ccccc2)sc1NC(=S)NC(C)c1cc(OC)ccc1OC. The van der Waals surface area contributed by atoms with Crippen LogP contribution in [0.5, 0.6) is 11.5 Å². The molecule has 0 saturated carbocycles. The molecule has 3 aromatic rings. The van der Waals surface area contributed by atoms with Crippen molar-refractivity contribution < 1.29 is 19.0 Å². The van der Waals surface area contributed by atoms with E-state index in [9.17, 15) is 4.79 Å². The van der Waals surface area contributed by atoms with Gasteiger partial charge in [-0.2, -0.15) is 0 Å². The minimum Gasteiger partial charge on any atom is -0.497 e. The summed E-state index contributed by atoms with van der Waals surface area (Å²) in [4.78, 5) is 13.5. The molecule has 0 radical (unpaired) electrons. The lowest BCUT2D eigenvalue weighted by molar-refractivity contribution is 0.0528. The summed E-state index contributed by atoms with van der Waals surface area (Å²) in [6.45, 7) is 4.05. The maximum atomic E-state index is 12.5. The first-order chi connectivity index (χ1) is 15.5. The zero-order valence-corrected chi connectivity index (χ0v) is 20.1. The monoisotopic (exact) mass is 470 g/mol. The van der Waals surface area contributed by atoms with Crippen LogP contribution in [0, 0.1) is 0 Å². The molecule has 0 aliphatic rings. The van der Waals surface area contributed by atoms with Gasteiger partial charge in [0.25, 0.3) is 0 Å². The van der Waals surface area contributed by atoms with Gasteiger partial charge in [-0.25, -0.2) is 4.79 Å². The molecule has 3 rings (SSSR count). The van der Waals surface area contributed by atoms with Crippen molar-refractivity contribution in [3.8, 4) is 21.9 Å². The fraction of sp³-hybridized carbons (Fsp3) is 0.250. The Hall–Kier alpha value is -3.10. The van der Waals surface area contributed by atoms with Gasteiger partial charge in [0, 0.05) is 10.4 Å². The first-order valence-corrected chi connectivity index (χ1v) is 11.3. The van der Waals surface area contributed by atoms with Gasteiger partial charge < -0.3 is 24.8 Å². The van der Waals surface area contributed by atoms with E-state index in [2.05, 4.69) is 10.6 Å². The van der Waals surface area contributed by atoms with Crippen LogP contribution in [0.1, 0.15) is 35.8 Å². The van der Waals surface area contributed by atoms with E-state index < -0.39 is 5.97 Å². The molecule has 1 unspecified atom stereocenters. The molecule has 0 saturated heterocycles.